The van der Waals surface area contributed by atoms with E-state index in [9.17, 15) is 9.59 Å². The summed E-state index contributed by atoms with van der Waals surface area (Å²) in [7, 11) is 5.15. The molecule has 0 bridgehead atoms. The van der Waals surface area contributed by atoms with Gasteiger partial charge >= 0.3 is 0 Å². The standard InChI is InChI=1S/C17H25N3O3/c1-13(21)19-9-10-20(12-17(22)18(2)3)15(11-19)14-7-5-6-8-16(14)23-4/h5-8,15H,9-12H2,1-4H3/t15-/m1/s1. The molecule has 6 heteroatoms. The SMILES string of the molecule is COc1ccccc1[C@H]1CN(C(C)=O)CCN1CC(=O)N(C)C. The first-order valence-corrected chi connectivity index (χ1v) is 7.76. The topological polar surface area (TPSA) is 53.1 Å². The molecule has 126 valence electrons. The molecule has 0 saturated carbocycles. The number of ether oxygens (including phenoxy) is 1. The summed E-state index contributed by atoms with van der Waals surface area (Å²) in [5.74, 6) is 0.898. The van der Waals surface area contributed by atoms with Crippen molar-refractivity contribution in [1.29, 1.82) is 0 Å². The fourth-order valence-corrected chi connectivity index (χ4v) is 2.85. The highest BCUT2D eigenvalue weighted by Crippen LogP contribution is 2.32. The number of carbonyl (C=O) groups excluding carboxylic acids is 2. The Morgan fingerprint density at radius 1 is 1.26 bits per heavy atom. The lowest BCUT2D eigenvalue weighted by atomic mass is 10.0. The molecule has 2 amide bonds. The first kappa shape index (κ1) is 17.3. The van der Waals surface area contributed by atoms with Crippen LogP contribution in [0.3, 0.4) is 0 Å². The third-order valence-corrected chi connectivity index (χ3v) is 4.27. The van der Waals surface area contributed by atoms with Crippen LogP contribution in [0.4, 0.5) is 0 Å². The number of carbonyl (C=O) groups is 2. The minimum Gasteiger partial charge on any atom is -0.496 e. The van der Waals surface area contributed by atoms with Gasteiger partial charge in [-0.25, -0.2) is 0 Å². The molecular formula is C17H25N3O3. The molecule has 1 fully saturated rings. The molecule has 1 atom stereocenters. The van der Waals surface area contributed by atoms with Crippen molar-refractivity contribution in [1.82, 2.24) is 14.7 Å². The lowest BCUT2D eigenvalue weighted by Gasteiger charge is -2.41. The maximum atomic E-state index is 12.1. The van der Waals surface area contributed by atoms with Crippen LogP contribution in [-0.2, 0) is 9.59 Å². The minimum atomic E-state index is -0.0484. The Morgan fingerprint density at radius 3 is 2.57 bits per heavy atom. The summed E-state index contributed by atoms with van der Waals surface area (Å²) in [6.07, 6.45) is 0. The van der Waals surface area contributed by atoms with Gasteiger partial charge < -0.3 is 14.5 Å². The second-order valence-corrected chi connectivity index (χ2v) is 5.98. The summed E-state index contributed by atoms with van der Waals surface area (Å²) in [4.78, 5) is 29.4. The highest BCUT2D eigenvalue weighted by atomic mass is 16.5. The van der Waals surface area contributed by atoms with Gasteiger partial charge in [-0.2, -0.15) is 0 Å². The van der Waals surface area contributed by atoms with Crippen LogP contribution in [0.1, 0.15) is 18.5 Å². The fraction of sp³-hybridized carbons (Fsp3) is 0.529. The third-order valence-electron chi connectivity index (χ3n) is 4.27. The van der Waals surface area contributed by atoms with E-state index in [-0.39, 0.29) is 17.9 Å². The van der Waals surface area contributed by atoms with Gasteiger partial charge in [-0.05, 0) is 6.07 Å². The van der Waals surface area contributed by atoms with E-state index < -0.39 is 0 Å². The van der Waals surface area contributed by atoms with E-state index >= 15 is 0 Å². The molecule has 1 aromatic rings. The van der Waals surface area contributed by atoms with Crippen molar-refractivity contribution in [2.45, 2.75) is 13.0 Å². The molecule has 0 radical (unpaired) electrons. The Bertz CT molecular complexity index is 574. The van der Waals surface area contributed by atoms with Crippen LogP contribution in [0.5, 0.6) is 5.75 Å². The molecule has 0 spiro atoms. The molecule has 0 N–H and O–H groups in total. The highest BCUT2D eigenvalue weighted by molar-refractivity contribution is 5.78. The Kier molecular flexibility index (Phi) is 5.60. The van der Waals surface area contributed by atoms with Gasteiger partial charge in [0.25, 0.3) is 0 Å². The van der Waals surface area contributed by atoms with E-state index in [0.717, 1.165) is 11.3 Å². The second-order valence-electron chi connectivity index (χ2n) is 5.98. The van der Waals surface area contributed by atoms with E-state index in [1.54, 1.807) is 33.0 Å². The van der Waals surface area contributed by atoms with Crippen LogP contribution in [0, 0.1) is 0 Å². The molecule has 1 saturated heterocycles. The molecule has 2 rings (SSSR count). The Balaban J connectivity index is 2.29. The fourth-order valence-electron chi connectivity index (χ4n) is 2.85. The Labute approximate surface area is 137 Å². The lowest BCUT2D eigenvalue weighted by Crippen LogP contribution is -2.52. The van der Waals surface area contributed by atoms with Gasteiger partial charge in [-0.15, -0.1) is 0 Å². The summed E-state index contributed by atoms with van der Waals surface area (Å²) in [5, 5.41) is 0. The number of piperazine rings is 1. The van der Waals surface area contributed by atoms with Gasteiger partial charge in [-0.3, -0.25) is 14.5 Å². The van der Waals surface area contributed by atoms with E-state index in [1.165, 1.54) is 0 Å². The van der Waals surface area contributed by atoms with E-state index in [0.29, 0.717) is 26.2 Å². The van der Waals surface area contributed by atoms with Crippen LogP contribution in [0.2, 0.25) is 0 Å². The number of hydrogen-bond donors (Lipinski definition) is 0. The molecule has 6 nitrogen and oxygen atoms in total. The normalized spacial score (nSPS) is 18.6. The molecule has 0 unspecified atom stereocenters. The number of amides is 2. The van der Waals surface area contributed by atoms with Crippen LogP contribution >= 0.6 is 0 Å². The molecule has 1 aromatic carbocycles. The molecule has 0 aliphatic carbocycles. The van der Waals surface area contributed by atoms with Crippen molar-refractivity contribution in [3.63, 3.8) is 0 Å². The van der Waals surface area contributed by atoms with E-state index in [2.05, 4.69) is 4.90 Å². The number of benzene rings is 1. The smallest absolute Gasteiger partial charge is 0.236 e. The predicted octanol–water partition coefficient (Wildman–Crippen LogP) is 0.989. The molecule has 23 heavy (non-hydrogen) atoms. The Hall–Kier alpha value is -2.08. The summed E-state index contributed by atoms with van der Waals surface area (Å²) in [5.41, 5.74) is 1.01. The van der Waals surface area contributed by atoms with Crippen molar-refractivity contribution >= 4 is 11.8 Å². The number of rotatable bonds is 4. The zero-order valence-electron chi connectivity index (χ0n) is 14.3. The maximum absolute atomic E-state index is 12.1. The molecular weight excluding hydrogens is 294 g/mol. The van der Waals surface area contributed by atoms with Gasteiger partial charge in [0, 0.05) is 46.2 Å². The highest BCUT2D eigenvalue weighted by Gasteiger charge is 2.32. The molecule has 0 aromatic heterocycles. The number of hydrogen-bond acceptors (Lipinski definition) is 4. The number of nitrogens with zero attached hydrogens (tertiary/aromatic N) is 3. The first-order valence-electron chi connectivity index (χ1n) is 7.76. The second kappa shape index (κ2) is 7.46. The third kappa shape index (κ3) is 4.01. The van der Waals surface area contributed by atoms with Gasteiger partial charge in [0.15, 0.2) is 0 Å². The maximum Gasteiger partial charge on any atom is 0.236 e. The summed E-state index contributed by atoms with van der Waals surface area (Å²) in [6, 6.07) is 7.74. The van der Waals surface area contributed by atoms with Gasteiger partial charge in [-0.1, -0.05) is 18.2 Å². The quantitative estimate of drug-likeness (QED) is 0.830. The average Bonchev–Trinajstić information content (AvgIpc) is 2.54. The zero-order chi connectivity index (χ0) is 17.0. The predicted molar refractivity (Wildman–Crippen MR) is 88.3 cm³/mol. The van der Waals surface area contributed by atoms with Crippen molar-refractivity contribution < 1.29 is 14.3 Å². The number of para-hydroxylation sites is 1. The lowest BCUT2D eigenvalue weighted by molar-refractivity contribution is -0.134. The first-order chi connectivity index (χ1) is 10.9. The van der Waals surface area contributed by atoms with Gasteiger partial charge in [0.05, 0.1) is 19.7 Å². The van der Waals surface area contributed by atoms with Crippen molar-refractivity contribution in [3.05, 3.63) is 29.8 Å². The van der Waals surface area contributed by atoms with Crippen LogP contribution in [0.25, 0.3) is 0 Å². The van der Waals surface area contributed by atoms with Crippen molar-refractivity contribution in [2.75, 3.05) is 47.4 Å². The van der Waals surface area contributed by atoms with E-state index in [1.807, 2.05) is 29.2 Å². The molecule has 1 aliphatic rings. The van der Waals surface area contributed by atoms with Gasteiger partial charge in [0.2, 0.25) is 11.8 Å². The summed E-state index contributed by atoms with van der Waals surface area (Å²) in [6.45, 7) is 3.79. The van der Waals surface area contributed by atoms with Crippen molar-refractivity contribution in [3.8, 4) is 5.75 Å². The van der Waals surface area contributed by atoms with Crippen LogP contribution in [0.15, 0.2) is 24.3 Å². The van der Waals surface area contributed by atoms with E-state index in [4.69, 9.17) is 4.74 Å². The average molecular weight is 319 g/mol. The summed E-state index contributed by atoms with van der Waals surface area (Å²) >= 11 is 0. The largest absolute Gasteiger partial charge is 0.496 e. The molecule has 1 heterocycles. The summed E-state index contributed by atoms with van der Waals surface area (Å²) < 4.78 is 5.47. The van der Waals surface area contributed by atoms with Crippen molar-refractivity contribution in [2.24, 2.45) is 0 Å². The monoisotopic (exact) mass is 319 g/mol. The number of likely N-dealkylation sites (N-methyl/N-ethyl adjacent to an activating group) is 1. The Morgan fingerprint density at radius 2 is 1.96 bits per heavy atom. The van der Waals surface area contributed by atoms with Crippen LogP contribution in [-0.4, -0.2) is 73.9 Å². The minimum absolute atomic E-state index is 0.0484. The van der Waals surface area contributed by atoms with Gasteiger partial charge in [0.1, 0.15) is 5.75 Å². The zero-order valence-corrected chi connectivity index (χ0v) is 14.3. The molecule has 1 aliphatic heterocycles. The number of methoxy groups -OCH3 is 1. The van der Waals surface area contributed by atoms with Crippen LogP contribution < -0.4 is 4.74 Å².